The zero-order chi connectivity index (χ0) is 15.2. The summed E-state index contributed by atoms with van der Waals surface area (Å²) in [4.78, 5) is 11.3. The van der Waals surface area contributed by atoms with Crippen LogP contribution in [-0.2, 0) is 9.53 Å². The smallest absolute Gasteiger partial charge is 0.305 e. The van der Waals surface area contributed by atoms with Crippen LogP contribution in [0.3, 0.4) is 0 Å². The molecule has 20 heavy (non-hydrogen) atoms. The molecule has 0 spiro atoms. The average molecular weight is 279 g/mol. The Morgan fingerprint density at radius 2 is 1.90 bits per heavy atom. The molecule has 0 amide bonds. The molecule has 112 valence electrons. The Balaban J connectivity index is 2.78. The van der Waals surface area contributed by atoms with Crippen LogP contribution < -0.4 is 5.32 Å². The lowest BCUT2D eigenvalue weighted by atomic mass is 9.95. The summed E-state index contributed by atoms with van der Waals surface area (Å²) in [6, 6.07) is 9.29. The van der Waals surface area contributed by atoms with Crippen molar-refractivity contribution in [1.82, 2.24) is 5.32 Å². The van der Waals surface area contributed by atoms with Crippen LogP contribution in [0.5, 0.6) is 0 Å². The number of carbonyl (C=O) groups is 1. The average Bonchev–Trinajstić information content (AvgIpc) is 2.42. The second-order valence-corrected chi connectivity index (χ2v) is 5.97. The third-order valence-electron chi connectivity index (χ3n) is 3.03. The maximum atomic E-state index is 11.3. The Bertz CT molecular complexity index is 411. The number of hydrogen-bond donors (Lipinski definition) is 2. The number of rotatable bonds is 6. The topological polar surface area (TPSA) is 58.6 Å². The molecule has 0 aliphatic carbocycles. The highest BCUT2D eigenvalue weighted by Gasteiger charge is 2.25. The minimum Gasteiger partial charge on any atom is -0.469 e. The van der Waals surface area contributed by atoms with Gasteiger partial charge in [0, 0.05) is 18.0 Å². The molecular weight excluding hydrogens is 254 g/mol. The van der Waals surface area contributed by atoms with E-state index in [-0.39, 0.29) is 24.0 Å². The van der Waals surface area contributed by atoms with Gasteiger partial charge in [-0.25, -0.2) is 0 Å². The van der Waals surface area contributed by atoms with E-state index in [4.69, 9.17) is 0 Å². The maximum absolute atomic E-state index is 11.3. The van der Waals surface area contributed by atoms with Crippen LogP contribution in [0.25, 0.3) is 0 Å². The first-order valence-electron chi connectivity index (χ1n) is 6.91. The largest absolute Gasteiger partial charge is 0.469 e. The molecule has 0 fully saturated rings. The van der Waals surface area contributed by atoms with Gasteiger partial charge in [-0.1, -0.05) is 30.3 Å². The van der Waals surface area contributed by atoms with E-state index in [2.05, 4.69) is 10.1 Å². The van der Waals surface area contributed by atoms with E-state index >= 15 is 0 Å². The van der Waals surface area contributed by atoms with E-state index in [0.29, 0.717) is 6.42 Å². The minimum absolute atomic E-state index is 0.142. The molecule has 0 saturated heterocycles. The van der Waals surface area contributed by atoms with Crippen molar-refractivity contribution in [3.05, 3.63) is 35.9 Å². The third-order valence-corrected chi connectivity index (χ3v) is 3.03. The van der Waals surface area contributed by atoms with E-state index in [0.717, 1.165) is 5.56 Å². The van der Waals surface area contributed by atoms with Gasteiger partial charge in [-0.05, 0) is 32.8 Å². The van der Waals surface area contributed by atoms with Crippen LogP contribution >= 0.6 is 0 Å². The Hall–Kier alpha value is -1.39. The fourth-order valence-corrected chi connectivity index (χ4v) is 2.12. The monoisotopic (exact) mass is 279 g/mol. The molecule has 4 nitrogen and oxygen atoms in total. The molecule has 0 saturated carbocycles. The predicted molar refractivity (Wildman–Crippen MR) is 79.3 cm³/mol. The summed E-state index contributed by atoms with van der Waals surface area (Å²) < 4.78 is 4.67. The summed E-state index contributed by atoms with van der Waals surface area (Å²) in [5.41, 5.74) is 0.704. The van der Waals surface area contributed by atoms with Crippen LogP contribution in [0.1, 0.15) is 45.3 Å². The van der Waals surface area contributed by atoms with Gasteiger partial charge in [0.2, 0.25) is 0 Å². The van der Waals surface area contributed by atoms with Gasteiger partial charge in [-0.3, -0.25) is 4.79 Å². The van der Waals surface area contributed by atoms with Gasteiger partial charge in [-0.2, -0.15) is 0 Å². The number of aliphatic hydroxyl groups excluding tert-OH is 1. The van der Waals surface area contributed by atoms with Crippen molar-refractivity contribution in [2.75, 3.05) is 7.11 Å². The fraction of sp³-hybridized carbons (Fsp3) is 0.562. The van der Waals surface area contributed by atoms with Gasteiger partial charge >= 0.3 is 5.97 Å². The molecule has 1 aromatic rings. The molecule has 1 aromatic carbocycles. The number of carbonyl (C=O) groups excluding carboxylic acids is 1. The molecule has 2 unspecified atom stereocenters. The minimum atomic E-state index is -0.653. The van der Waals surface area contributed by atoms with Crippen molar-refractivity contribution in [3.63, 3.8) is 0 Å². The SMILES string of the molecule is COC(=O)CCC(NC(C)(C)C)C(O)c1ccccc1. The highest BCUT2D eigenvalue weighted by molar-refractivity contribution is 5.69. The molecule has 0 aliphatic rings. The Morgan fingerprint density at radius 3 is 2.40 bits per heavy atom. The summed E-state index contributed by atoms with van der Waals surface area (Å²) in [6.07, 6.45) is 0.161. The summed E-state index contributed by atoms with van der Waals surface area (Å²) in [6.45, 7) is 6.11. The number of benzene rings is 1. The molecular formula is C16H25NO3. The number of ether oxygens (including phenoxy) is 1. The van der Waals surface area contributed by atoms with Gasteiger partial charge in [-0.15, -0.1) is 0 Å². The van der Waals surface area contributed by atoms with Crippen LogP contribution in [0.15, 0.2) is 30.3 Å². The highest BCUT2D eigenvalue weighted by Crippen LogP contribution is 2.22. The zero-order valence-electron chi connectivity index (χ0n) is 12.7. The Labute approximate surface area is 121 Å². The maximum Gasteiger partial charge on any atom is 0.305 e. The van der Waals surface area contributed by atoms with E-state index in [1.54, 1.807) is 0 Å². The van der Waals surface area contributed by atoms with Crippen LogP contribution in [0.4, 0.5) is 0 Å². The number of hydrogen-bond acceptors (Lipinski definition) is 4. The van der Waals surface area contributed by atoms with Gasteiger partial charge in [0.05, 0.1) is 13.2 Å². The summed E-state index contributed by atoms with van der Waals surface area (Å²) in [7, 11) is 1.38. The number of aliphatic hydroxyl groups is 1. The number of esters is 1. The van der Waals surface area contributed by atoms with E-state index in [9.17, 15) is 9.90 Å². The molecule has 0 bridgehead atoms. The lowest BCUT2D eigenvalue weighted by molar-refractivity contribution is -0.141. The number of nitrogens with one attached hydrogen (secondary N) is 1. The molecule has 1 rings (SSSR count). The first-order chi connectivity index (χ1) is 9.33. The second-order valence-electron chi connectivity index (χ2n) is 5.97. The normalized spacial score (nSPS) is 14.7. The second kappa shape index (κ2) is 7.41. The standard InChI is InChI=1S/C16H25NO3/c1-16(2,3)17-13(10-11-14(18)20-4)15(19)12-8-6-5-7-9-12/h5-9,13,15,17,19H,10-11H2,1-4H3. The van der Waals surface area contributed by atoms with Crippen LogP contribution in [-0.4, -0.2) is 29.8 Å². The molecule has 0 heterocycles. The number of methoxy groups -OCH3 is 1. The molecule has 2 N–H and O–H groups in total. The van der Waals surface area contributed by atoms with Crippen molar-refractivity contribution in [3.8, 4) is 0 Å². The molecule has 2 atom stereocenters. The fourth-order valence-electron chi connectivity index (χ4n) is 2.12. The lowest BCUT2D eigenvalue weighted by Crippen LogP contribution is -2.46. The van der Waals surface area contributed by atoms with Crippen molar-refractivity contribution in [2.45, 2.75) is 51.3 Å². The van der Waals surface area contributed by atoms with Crippen LogP contribution in [0, 0.1) is 0 Å². The third kappa shape index (κ3) is 5.72. The molecule has 0 aliphatic heterocycles. The summed E-state index contributed by atoms with van der Waals surface area (Å²) in [5, 5.41) is 13.9. The first kappa shape index (κ1) is 16.7. The van der Waals surface area contributed by atoms with E-state index < -0.39 is 6.10 Å². The van der Waals surface area contributed by atoms with E-state index in [1.165, 1.54) is 7.11 Å². The van der Waals surface area contributed by atoms with Crippen molar-refractivity contribution < 1.29 is 14.6 Å². The Morgan fingerprint density at radius 1 is 1.30 bits per heavy atom. The first-order valence-corrected chi connectivity index (χ1v) is 6.91. The zero-order valence-corrected chi connectivity index (χ0v) is 12.7. The molecule has 0 aromatic heterocycles. The van der Waals surface area contributed by atoms with Crippen molar-refractivity contribution >= 4 is 5.97 Å². The van der Waals surface area contributed by atoms with Crippen molar-refractivity contribution in [1.29, 1.82) is 0 Å². The van der Waals surface area contributed by atoms with Gasteiger partial charge in [0.25, 0.3) is 0 Å². The molecule has 0 radical (unpaired) electrons. The van der Waals surface area contributed by atoms with E-state index in [1.807, 2.05) is 51.1 Å². The van der Waals surface area contributed by atoms with Gasteiger partial charge < -0.3 is 15.2 Å². The lowest BCUT2D eigenvalue weighted by Gasteiger charge is -2.32. The Kier molecular flexibility index (Phi) is 6.17. The molecule has 4 heteroatoms. The summed E-state index contributed by atoms with van der Waals surface area (Å²) >= 11 is 0. The highest BCUT2D eigenvalue weighted by atomic mass is 16.5. The predicted octanol–water partition coefficient (Wildman–Crippen LogP) is 2.43. The summed E-state index contributed by atoms with van der Waals surface area (Å²) in [5.74, 6) is -0.258. The van der Waals surface area contributed by atoms with Crippen molar-refractivity contribution in [2.24, 2.45) is 0 Å². The van der Waals surface area contributed by atoms with Crippen LogP contribution in [0.2, 0.25) is 0 Å². The van der Waals surface area contributed by atoms with Gasteiger partial charge in [0.1, 0.15) is 0 Å². The van der Waals surface area contributed by atoms with Gasteiger partial charge in [0.15, 0.2) is 0 Å². The quantitative estimate of drug-likeness (QED) is 0.785.